The molecule has 3 aliphatic rings. The van der Waals surface area contributed by atoms with E-state index >= 15 is 0 Å². The number of benzene rings is 1. The standard InChI is InChI=1S/C23H38N4O6.C7H5ClO2/c1-23(2)12-14(19(29)27-23)11-16(18(28)21(31)24-15-8-9-15)25-20(30)17(26-22(32)33)10-13-6-4-3-5-7-13;8-6-3-1-2-5(4-6)7(9)10/h13-18,26,28H,3-12H2,1-2H3,(H,24,31)(H,25,30)(H,27,29)(H,32,33);1-4H,(H,9,10)/t14?,16?,17-,18?;/m0./s1. The molecule has 2 aliphatic carbocycles. The van der Waals surface area contributed by atoms with Crippen molar-refractivity contribution in [2.45, 2.75) is 108 Å². The van der Waals surface area contributed by atoms with Crippen LogP contribution in [0.15, 0.2) is 24.3 Å². The molecule has 3 unspecified atom stereocenters. The summed E-state index contributed by atoms with van der Waals surface area (Å²) in [6, 6.07) is 4.17. The van der Waals surface area contributed by atoms with E-state index in [0.717, 1.165) is 44.9 Å². The second-order valence-corrected chi connectivity index (χ2v) is 12.8. The van der Waals surface area contributed by atoms with Crippen LogP contribution in [0.3, 0.4) is 0 Å². The maximum atomic E-state index is 13.1. The van der Waals surface area contributed by atoms with Crippen LogP contribution in [-0.4, -0.2) is 74.9 Å². The first-order valence-electron chi connectivity index (χ1n) is 14.8. The maximum Gasteiger partial charge on any atom is 0.405 e. The largest absolute Gasteiger partial charge is 0.478 e. The van der Waals surface area contributed by atoms with Crippen LogP contribution in [0.5, 0.6) is 0 Å². The number of carboxylic acids is 1. The zero-order valence-electron chi connectivity index (χ0n) is 24.6. The molecule has 12 nitrogen and oxygen atoms in total. The van der Waals surface area contributed by atoms with Crippen LogP contribution in [-0.2, 0) is 14.4 Å². The van der Waals surface area contributed by atoms with Crippen LogP contribution < -0.4 is 21.3 Å². The number of hydrogen-bond donors (Lipinski definition) is 7. The lowest BCUT2D eigenvalue weighted by Crippen LogP contribution is -2.56. The molecule has 0 bridgehead atoms. The summed E-state index contributed by atoms with van der Waals surface area (Å²) < 4.78 is 0. The van der Waals surface area contributed by atoms with E-state index in [1.807, 2.05) is 13.8 Å². The van der Waals surface area contributed by atoms with Gasteiger partial charge in [0.2, 0.25) is 11.8 Å². The Bertz CT molecular complexity index is 1170. The Hall–Kier alpha value is -3.38. The Morgan fingerprint density at radius 1 is 1.00 bits per heavy atom. The molecular formula is C30H43ClN4O8. The molecule has 1 aliphatic heterocycles. The van der Waals surface area contributed by atoms with Crippen LogP contribution in [0.25, 0.3) is 0 Å². The summed E-state index contributed by atoms with van der Waals surface area (Å²) in [6.45, 7) is 3.79. The first kappa shape index (κ1) is 34.1. The van der Waals surface area contributed by atoms with E-state index in [1.54, 1.807) is 12.1 Å². The Kier molecular flexibility index (Phi) is 12.2. The van der Waals surface area contributed by atoms with Crippen molar-refractivity contribution in [3.05, 3.63) is 34.9 Å². The molecule has 1 aromatic rings. The first-order chi connectivity index (χ1) is 20.2. The fraction of sp³-hybridized carbons (Fsp3) is 0.633. The quantitative estimate of drug-likeness (QED) is 0.195. The second kappa shape index (κ2) is 15.4. The molecule has 1 heterocycles. The minimum atomic E-state index is -1.54. The highest BCUT2D eigenvalue weighted by molar-refractivity contribution is 6.30. The third kappa shape index (κ3) is 11.3. The molecule has 7 N–H and O–H groups in total. The number of carboxylic acid groups (broad SMARTS) is 2. The van der Waals surface area contributed by atoms with Gasteiger partial charge in [0, 0.05) is 22.5 Å². The van der Waals surface area contributed by atoms with Crippen molar-refractivity contribution in [2.75, 3.05) is 0 Å². The number of rotatable bonds is 11. The number of aromatic carboxylic acids is 1. The predicted molar refractivity (Wildman–Crippen MR) is 159 cm³/mol. The molecule has 238 valence electrons. The molecule has 0 radical (unpaired) electrons. The molecule has 3 fully saturated rings. The van der Waals surface area contributed by atoms with Crippen LogP contribution in [0.2, 0.25) is 5.02 Å². The van der Waals surface area contributed by atoms with Gasteiger partial charge in [-0.3, -0.25) is 14.4 Å². The molecular weight excluding hydrogens is 580 g/mol. The molecule has 0 spiro atoms. The van der Waals surface area contributed by atoms with Crippen LogP contribution in [0.1, 0.15) is 88.4 Å². The monoisotopic (exact) mass is 622 g/mol. The van der Waals surface area contributed by atoms with Gasteiger partial charge in [0.15, 0.2) is 6.10 Å². The number of carbonyl (C=O) groups is 5. The first-order valence-corrected chi connectivity index (χ1v) is 15.2. The van der Waals surface area contributed by atoms with Crippen LogP contribution >= 0.6 is 11.6 Å². The third-order valence-corrected chi connectivity index (χ3v) is 8.24. The number of amides is 4. The smallest absolute Gasteiger partial charge is 0.405 e. The SMILES string of the molecule is CC1(C)CC(CC(NC(=O)[C@H](CC2CCCCC2)NC(=O)O)C(O)C(=O)NC2CC2)C(=O)N1.O=C(O)c1cccc(Cl)c1. The summed E-state index contributed by atoms with van der Waals surface area (Å²) >= 11 is 5.53. The van der Waals surface area contributed by atoms with E-state index in [1.165, 1.54) is 12.1 Å². The molecule has 13 heteroatoms. The van der Waals surface area contributed by atoms with Gasteiger partial charge in [0.1, 0.15) is 6.04 Å². The lowest BCUT2D eigenvalue weighted by molar-refractivity contribution is -0.134. The number of aliphatic hydroxyl groups excluding tert-OH is 1. The second-order valence-electron chi connectivity index (χ2n) is 12.4. The van der Waals surface area contributed by atoms with Gasteiger partial charge in [0.05, 0.1) is 11.6 Å². The summed E-state index contributed by atoms with van der Waals surface area (Å²) in [7, 11) is 0. The highest BCUT2D eigenvalue weighted by Crippen LogP contribution is 2.30. The highest BCUT2D eigenvalue weighted by Gasteiger charge is 2.42. The molecule has 4 amide bonds. The van der Waals surface area contributed by atoms with Crippen molar-refractivity contribution in [1.82, 2.24) is 21.3 Å². The summed E-state index contributed by atoms with van der Waals surface area (Å²) in [4.78, 5) is 59.7. The summed E-state index contributed by atoms with van der Waals surface area (Å²) in [5.41, 5.74) is -0.196. The Balaban J connectivity index is 0.000000428. The van der Waals surface area contributed by atoms with E-state index < -0.39 is 53.5 Å². The van der Waals surface area contributed by atoms with Gasteiger partial charge < -0.3 is 36.6 Å². The van der Waals surface area contributed by atoms with E-state index in [2.05, 4.69) is 21.3 Å². The summed E-state index contributed by atoms with van der Waals surface area (Å²) in [6.07, 6.45) is 4.96. The fourth-order valence-electron chi connectivity index (χ4n) is 5.70. The number of carbonyl (C=O) groups excluding carboxylic acids is 3. The minimum absolute atomic E-state index is 0.0324. The van der Waals surface area contributed by atoms with Gasteiger partial charge in [-0.25, -0.2) is 9.59 Å². The average molecular weight is 623 g/mol. The summed E-state index contributed by atoms with van der Waals surface area (Å²) in [5.74, 6) is -2.54. The van der Waals surface area contributed by atoms with Gasteiger partial charge in [-0.15, -0.1) is 0 Å². The van der Waals surface area contributed by atoms with Crippen LogP contribution in [0, 0.1) is 11.8 Å². The number of nitrogens with one attached hydrogen (secondary N) is 4. The van der Waals surface area contributed by atoms with Gasteiger partial charge in [-0.2, -0.15) is 0 Å². The molecule has 1 saturated heterocycles. The third-order valence-electron chi connectivity index (χ3n) is 8.01. The van der Waals surface area contributed by atoms with E-state index in [4.69, 9.17) is 16.7 Å². The lowest BCUT2D eigenvalue weighted by Gasteiger charge is -2.30. The Labute approximate surface area is 256 Å². The zero-order valence-corrected chi connectivity index (χ0v) is 25.4. The lowest BCUT2D eigenvalue weighted by atomic mass is 9.84. The van der Waals surface area contributed by atoms with Crippen molar-refractivity contribution in [3.8, 4) is 0 Å². The predicted octanol–water partition coefficient (Wildman–Crippen LogP) is 3.06. The number of aliphatic hydroxyl groups is 1. The molecule has 0 aromatic heterocycles. The van der Waals surface area contributed by atoms with Gasteiger partial charge in [0.25, 0.3) is 5.91 Å². The van der Waals surface area contributed by atoms with Crippen molar-refractivity contribution >= 4 is 41.4 Å². The van der Waals surface area contributed by atoms with Gasteiger partial charge in [-0.1, -0.05) is 49.8 Å². The van der Waals surface area contributed by atoms with Crippen molar-refractivity contribution < 1.29 is 39.3 Å². The minimum Gasteiger partial charge on any atom is -0.478 e. The zero-order chi connectivity index (χ0) is 31.7. The fourth-order valence-corrected chi connectivity index (χ4v) is 5.89. The van der Waals surface area contributed by atoms with E-state index in [9.17, 15) is 34.2 Å². The highest BCUT2D eigenvalue weighted by atomic mass is 35.5. The van der Waals surface area contributed by atoms with E-state index in [-0.39, 0.29) is 29.9 Å². The van der Waals surface area contributed by atoms with Crippen molar-refractivity contribution in [2.24, 2.45) is 11.8 Å². The van der Waals surface area contributed by atoms with Crippen molar-refractivity contribution in [3.63, 3.8) is 0 Å². The van der Waals surface area contributed by atoms with Crippen molar-refractivity contribution in [1.29, 1.82) is 0 Å². The average Bonchev–Trinajstić information content (AvgIpc) is 3.71. The molecule has 1 aromatic carbocycles. The topological polar surface area (TPSA) is 194 Å². The van der Waals surface area contributed by atoms with E-state index in [0.29, 0.717) is 17.9 Å². The summed E-state index contributed by atoms with van der Waals surface area (Å²) in [5, 5.41) is 39.6. The molecule has 43 heavy (non-hydrogen) atoms. The Morgan fingerprint density at radius 2 is 1.67 bits per heavy atom. The van der Waals surface area contributed by atoms with Gasteiger partial charge in [-0.05, 0) is 70.1 Å². The van der Waals surface area contributed by atoms with Gasteiger partial charge >= 0.3 is 12.1 Å². The van der Waals surface area contributed by atoms with Crippen LogP contribution in [0.4, 0.5) is 4.79 Å². The number of halogens is 1. The molecule has 2 saturated carbocycles. The molecule has 4 atom stereocenters. The maximum absolute atomic E-state index is 13.1. The number of hydrogen-bond acceptors (Lipinski definition) is 6. The Morgan fingerprint density at radius 3 is 2.19 bits per heavy atom. The normalized spacial score (nSPS) is 21.7. The molecule has 4 rings (SSSR count).